The van der Waals surface area contributed by atoms with E-state index in [2.05, 4.69) is 9.72 Å². The number of hydrogen-bond donors (Lipinski definition) is 0. The van der Waals surface area contributed by atoms with Gasteiger partial charge in [0, 0.05) is 11.6 Å². The zero-order valence-corrected chi connectivity index (χ0v) is 8.62. The van der Waals surface area contributed by atoms with Gasteiger partial charge in [0.1, 0.15) is 6.20 Å². The lowest BCUT2D eigenvalue weighted by Gasteiger charge is -1.93. The van der Waals surface area contributed by atoms with E-state index >= 15 is 0 Å². The number of rotatable bonds is 4. The molecule has 0 unspecified atom stereocenters. The van der Waals surface area contributed by atoms with E-state index in [0.29, 0.717) is 5.56 Å². The molecule has 6 heteroatoms. The number of hydrogen-bond acceptors (Lipinski definition) is 5. The Morgan fingerprint density at radius 2 is 2.38 bits per heavy atom. The van der Waals surface area contributed by atoms with Gasteiger partial charge in [0.25, 0.3) is 0 Å². The van der Waals surface area contributed by atoms with Crippen LogP contribution in [0, 0.1) is 10.1 Å². The second-order valence-corrected chi connectivity index (χ2v) is 2.89. The highest BCUT2D eigenvalue weighted by Gasteiger charge is 2.04. The summed E-state index contributed by atoms with van der Waals surface area (Å²) in [4.78, 5) is 24.1. The smallest absolute Gasteiger partial charge is 0.363 e. The van der Waals surface area contributed by atoms with E-state index in [0.717, 1.165) is 0 Å². The predicted octanol–water partition coefficient (Wildman–Crippen LogP) is 1.57. The minimum absolute atomic E-state index is 0.160. The van der Waals surface area contributed by atoms with Gasteiger partial charge in [-0.25, -0.2) is 0 Å². The molecule has 0 aliphatic carbocycles. The molecule has 0 aromatic carbocycles. The first-order valence-electron chi connectivity index (χ1n) is 4.47. The number of pyridine rings is 1. The molecule has 0 fully saturated rings. The van der Waals surface area contributed by atoms with Crippen molar-refractivity contribution in [3.8, 4) is 0 Å². The second kappa shape index (κ2) is 5.59. The van der Waals surface area contributed by atoms with Gasteiger partial charge in [-0.2, -0.15) is 0 Å². The van der Waals surface area contributed by atoms with E-state index < -0.39 is 4.92 Å². The maximum absolute atomic E-state index is 10.8. The standard InChI is InChI=1S/C10H10N2O4/c1-16-10(13)4-2-3-8-5-6-9(11-7-8)12(14)15/h2-3,5-7H,4H2,1H3. The van der Waals surface area contributed by atoms with Crippen molar-refractivity contribution in [2.75, 3.05) is 7.11 Å². The fraction of sp³-hybridized carbons (Fsp3) is 0.200. The fourth-order valence-corrected chi connectivity index (χ4v) is 0.979. The van der Waals surface area contributed by atoms with Gasteiger partial charge in [0.15, 0.2) is 0 Å². The summed E-state index contributed by atoms with van der Waals surface area (Å²) in [6, 6.07) is 2.86. The predicted molar refractivity (Wildman–Crippen MR) is 56.6 cm³/mol. The normalized spacial score (nSPS) is 10.3. The molecule has 6 nitrogen and oxygen atoms in total. The number of esters is 1. The van der Waals surface area contributed by atoms with Crippen LogP contribution in [0.4, 0.5) is 5.82 Å². The summed E-state index contributed by atoms with van der Waals surface area (Å²) in [7, 11) is 1.31. The Kier molecular flexibility index (Phi) is 4.14. The molecular weight excluding hydrogens is 212 g/mol. The SMILES string of the molecule is COC(=O)CC=Cc1ccc([N+](=O)[O-])nc1. The number of carbonyl (C=O) groups is 1. The third-order valence-electron chi connectivity index (χ3n) is 1.78. The Bertz CT molecular complexity index is 411. The van der Waals surface area contributed by atoms with Crippen molar-refractivity contribution in [1.82, 2.24) is 4.98 Å². The Hall–Kier alpha value is -2.24. The molecule has 1 heterocycles. The highest BCUT2D eigenvalue weighted by Crippen LogP contribution is 2.08. The van der Waals surface area contributed by atoms with Crippen LogP contribution in [0.5, 0.6) is 0 Å². The molecule has 0 saturated carbocycles. The summed E-state index contributed by atoms with van der Waals surface area (Å²) in [6.07, 6.45) is 4.78. The van der Waals surface area contributed by atoms with Crippen LogP contribution in [0.15, 0.2) is 24.4 Å². The first-order valence-corrected chi connectivity index (χ1v) is 4.47. The zero-order chi connectivity index (χ0) is 12.0. The average molecular weight is 222 g/mol. The van der Waals surface area contributed by atoms with Gasteiger partial charge in [-0.1, -0.05) is 12.2 Å². The summed E-state index contributed by atoms with van der Waals surface area (Å²) in [5, 5.41) is 10.3. The van der Waals surface area contributed by atoms with Crippen molar-refractivity contribution in [2.45, 2.75) is 6.42 Å². The number of carbonyl (C=O) groups excluding carboxylic acids is 1. The van der Waals surface area contributed by atoms with E-state index in [-0.39, 0.29) is 18.2 Å². The number of aromatic nitrogens is 1. The molecule has 0 bridgehead atoms. The molecule has 1 aromatic heterocycles. The van der Waals surface area contributed by atoms with E-state index in [9.17, 15) is 14.9 Å². The quantitative estimate of drug-likeness (QED) is 0.438. The maximum Gasteiger partial charge on any atom is 0.363 e. The van der Waals surface area contributed by atoms with Crippen molar-refractivity contribution in [2.24, 2.45) is 0 Å². The van der Waals surface area contributed by atoms with E-state index in [1.807, 2.05) is 0 Å². The summed E-state index contributed by atoms with van der Waals surface area (Å²) in [5.41, 5.74) is 0.689. The van der Waals surface area contributed by atoms with Crippen LogP contribution in [0.3, 0.4) is 0 Å². The van der Waals surface area contributed by atoms with Crippen LogP contribution >= 0.6 is 0 Å². The van der Waals surface area contributed by atoms with Gasteiger partial charge < -0.3 is 14.9 Å². The summed E-state index contributed by atoms with van der Waals surface area (Å²) < 4.78 is 4.44. The molecule has 0 saturated heterocycles. The summed E-state index contributed by atoms with van der Waals surface area (Å²) in [6.45, 7) is 0. The molecule has 0 N–H and O–H groups in total. The molecule has 0 aliphatic heterocycles. The van der Waals surface area contributed by atoms with Gasteiger partial charge in [0.05, 0.1) is 13.5 Å². The monoisotopic (exact) mass is 222 g/mol. The van der Waals surface area contributed by atoms with Crippen LogP contribution in [-0.4, -0.2) is 23.0 Å². The molecule has 0 spiro atoms. The van der Waals surface area contributed by atoms with Crippen LogP contribution in [0.2, 0.25) is 0 Å². The molecular formula is C10H10N2O4. The number of nitrogens with zero attached hydrogens (tertiary/aromatic N) is 2. The molecule has 1 aromatic rings. The minimum Gasteiger partial charge on any atom is -0.469 e. The minimum atomic E-state index is -0.568. The van der Waals surface area contributed by atoms with Crippen molar-refractivity contribution in [1.29, 1.82) is 0 Å². The maximum atomic E-state index is 10.8. The first-order chi connectivity index (χ1) is 7.63. The molecule has 16 heavy (non-hydrogen) atoms. The van der Waals surface area contributed by atoms with Crippen molar-refractivity contribution < 1.29 is 14.5 Å². The molecule has 0 atom stereocenters. The molecule has 0 radical (unpaired) electrons. The third kappa shape index (κ3) is 3.49. The second-order valence-electron chi connectivity index (χ2n) is 2.89. The van der Waals surface area contributed by atoms with E-state index in [4.69, 9.17) is 0 Å². The number of ether oxygens (including phenoxy) is 1. The Balaban J connectivity index is 2.61. The van der Waals surface area contributed by atoms with Gasteiger partial charge in [0.2, 0.25) is 0 Å². The lowest BCUT2D eigenvalue weighted by Crippen LogP contribution is -1.96. The van der Waals surface area contributed by atoms with Crippen LogP contribution in [-0.2, 0) is 9.53 Å². The van der Waals surface area contributed by atoms with E-state index in [1.165, 1.54) is 19.4 Å². The lowest BCUT2D eigenvalue weighted by molar-refractivity contribution is -0.389. The van der Waals surface area contributed by atoms with Crippen LogP contribution < -0.4 is 0 Å². The van der Waals surface area contributed by atoms with Gasteiger partial charge in [-0.05, 0) is 16.0 Å². The first kappa shape index (κ1) is 11.8. The Labute approximate surface area is 91.7 Å². The van der Waals surface area contributed by atoms with Gasteiger partial charge in [-0.3, -0.25) is 4.79 Å². The Morgan fingerprint density at radius 1 is 1.62 bits per heavy atom. The number of nitro groups is 1. The van der Waals surface area contributed by atoms with Crippen molar-refractivity contribution in [3.05, 3.63) is 40.1 Å². The third-order valence-corrected chi connectivity index (χ3v) is 1.78. The van der Waals surface area contributed by atoms with Crippen LogP contribution in [0.25, 0.3) is 6.08 Å². The topological polar surface area (TPSA) is 82.3 Å². The highest BCUT2D eigenvalue weighted by atomic mass is 16.6. The van der Waals surface area contributed by atoms with Crippen LogP contribution in [0.1, 0.15) is 12.0 Å². The summed E-state index contributed by atoms with van der Waals surface area (Å²) >= 11 is 0. The van der Waals surface area contributed by atoms with Crippen molar-refractivity contribution >= 4 is 17.9 Å². The van der Waals surface area contributed by atoms with Gasteiger partial charge in [-0.15, -0.1) is 0 Å². The lowest BCUT2D eigenvalue weighted by atomic mass is 10.2. The molecule has 0 aliphatic rings. The summed E-state index contributed by atoms with van der Waals surface area (Å²) in [5.74, 6) is -0.545. The number of methoxy groups -OCH3 is 1. The van der Waals surface area contributed by atoms with Gasteiger partial charge >= 0.3 is 11.8 Å². The molecule has 84 valence electrons. The van der Waals surface area contributed by atoms with Crippen molar-refractivity contribution in [3.63, 3.8) is 0 Å². The molecule has 1 rings (SSSR count). The zero-order valence-electron chi connectivity index (χ0n) is 8.62. The largest absolute Gasteiger partial charge is 0.469 e. The molecule has 0 amide bonds. The highest BCUT2D eigenvalue weighted by molar-refractivity contribution is 5.72. The average Bonchev–Trinajstić information content (AvgIpc) is 2.29. The Morgan fingerprint density at radius 3 is 2.88 bits per heavy atom. The van der Waals surface area contributed by atoms with E-state index in [1.54, 1.807) is 18.2 Å². The fourth-order valence-electron chi connectivity index (χ4n) is 0.979.